The summed E-state index contributed by atoms with van der Waals surface area (Å²) in [7, 11) is 1.56. The number of nitrogens with one attached hydrogen (secondary N) is 1. The highest BCUT2D eigenvalue weighted by Crippen LogP contribution is 2.32. The third-order valence-electron chi connectivity index (χ3n) is 2.74. The molecule has 2 aromatic heterocycles. The van der Waals surface area contributed by atoms with Gasteiger partial charge in [-0.2, -0.15) is 5.10 Å². The molecular weight excluding hydrogens is 320 g/mol. The number of amides is 1. The predicted octanol–water partition coefficient (Wildman–Crippen LogP) is 2.90. The number of thiazole rings is 1. The second-order valence-electron chi connectivity index (χ2n) is 5.90. The molecule has 23 heavy (non-hydrogen) atoms. The number of aryl methyl sites for hydroxylation is 2. The zero-order chi connectivity index (χ0) is 17.4. The number of hydrogen-bond acceptors (Lipinski definition) is 6. The molecule has 0 bridgehead atoms. The summed E-state index contributed by atoms with van der Waals surface area (Å²) in [4.78, 5) is 27.8. The fraction of sp³-hybridized carbons (Fsp3) is 0.429. The van der Waals surface area contributed by atoms with Crippen molar-refractivity contribution in [3.63, 3.8) is 0 Å². The molecule has 0 aliphatic rings. The van der Waals surface area contributed by atoms with Crippen LogP contribution in [0.2, 0.25) is 0 Å². The number of ether oxygens (including phenoxy) is 1. The third kappa shape index (κ3) is 4.07. The van der Waals surface area contributed by atoms with Gasteiger partial charge in [-0.05, 0) is 33.8 Å². The van der Waals surface area contributed by atoms with E-state index in [1.165, 1.54) is 22.1 Å². The van der Waals surface area contributed by atoms with Crippen molar-refractivity contribution in [2.45, 2.75) is 33.3 Å². The van der Waals surface area contributed by atoms with E-state index in [9.17, 15) is 9.59 Å². The van der Waals surface area contributed by atoms with Gasteiger partial charge in [0.1, 0.15) is 17.0 Å². The number of carbonyl (C=O) groups is 2. The Kier molecular flexibility index (Phi) is 4.42. The zero-order valence-electron chi connectivity index (χ0n) is 13.5. The molecule has 0 aliphatic carbocycles. The van der Waals surface area contributed by atoms with E-state index in [1.54, 1.807) is 34.7 Å². The number of carboxylic acids is 1. The summed E-state index contributed by atoms with van der Waals surface area (Å²) in [5.41, 5.74) is 0.624. The summed E-state index contributed by atoms with van der Waals surface area (Å²) >= 11 is 1.21. The number of nitrogens with zero attached hydrogens (tertiary/aromatic N) is 3. The van der Waals surface area contributed by atoms with Gasteiger partial charge in [0.15, 0.2) is 5.13 Å². The molecule has 2 aromatic rings. The maximum Gasteiger partial charge on any atom is 0.413 e. The van der Waals surface area contributed by atoms with E-state index >= 15 is 0 Å². The molecule has 0 atom stereocenters. The Labute approximate surface area is 137 Å². The molecule has 0 saturated carbocycles. The molecule has 0 aliphatic heterocycles. The van der Waals surface area contributed by atoms with Gasteiger partial charge in [-0.3, -0.25) is 10.00 Å². The van der Waals surface area contributed by atoms with Gasteiger partial charge in [-0.25, -0.2) is 14.6 Å². The molecule has 2 heterocycles. The van der Waals surface area contributed by atoms with Gasteiger partial charge < -0.3 is 9.84 Å². The fourth-order valence-electron chi connectivity index (χ4n) is 1.86. The average molecular weight is 338 g/mol. The first-order valence-electron chi connectivity index (χ1n) is 6.82. The van der Waals surface area contributed by atoms with Crippen molar-refractivity contribution >= 4 is 28.5 Å². The van der Waals surface area contributed by atoms with Crippen LogP contribution in [0.1, 0.15) is 37.0 Å². The first kappa shape index (κ1) is 16.9. The van der Waals surface area contributed by atoms with Gasteiger partial charge in [0.2, 0.25) is 0 Å². The lowest BCUT2D eigenvalue weighted by Gasteiger charge is -2.18. The smallest absolute Gasteiger partial charge is 0.413 e. The Bertz CT molecular complexity index is 757. The lowest BCUT2D eigenvalue weighted by atomic mass is 10.2. The van der Waals surface area contributed by atoms with Gasteiger partial charge in [0.25, 0.3) is 0 Å². The largest absolute Gasteiger partial charge is 0.477 e. The summed E-state index contributed by atoms with van der Waals surface area (Å²) in [5.74, 6) is -1.06. The Morgan fingerprint density at radius 3 is 2.57 bits per heavy atom. The molecule has 9 heteroatoms. The van der Waals surface area contributed by atoms with Crippen molar-refractivity contribution < 1.29 is 19.4 Å². The van der Waals surface area contributed by atoms with E-state index in [4.69, 9.17) is 9.84 Å². The number of carboxylic acid groups (broad SMARTS) is 1. The molecule has 0 fully saturated rings. The summed E-state index contributed by atoms with van der Waals surface area (Å²) < 4.78 is 6.46. The Balaban J connectivity index is 2.23. The highest BCUT2D eigenvalue weighted by atomic mass is 32.1. The first-order chi connectivity index (χ1) is 10.6. The highest BCUT2D eigenvalue weighted by Gasteiger charge is 2.20. The quantitative estimate of drug-likeness (QED) is 0.891. The second kappa shape index (κ2) is 5.99. The summed E-state index contributed by atoms with van der Waals surface area (Å²) in [6, 6.07) is 1.47. The summed E-state index contributed by atoms with van der Waals surface area (Å²) in [6.45, 7) is 7.08. The van der Waals surface area contributed by atoms with E-state index in [0.717, 1.165) is 0 Å². The highest BCUT2D eigenvalue weighted by molar-refractivity contribution is 7.19. The monoisotopic (exact) mass is 338 g/mol. The van der Waals surface area contributed by atoms with Gasteiger partial charge in [-0.15, -0.1) is 0 Å². The topological polar surface area (TPSA) is 106 Å². The minimum absolute atomic E-state index is 0.0782. The van der Waals surface area contributed by atoms with E-state index in [2.05, 4.69) is 15.4 Å². The van der Waals surface area contributed by atoms with Crippen LogP contribution < -0.4 is 5.32 Å². The SMILES string of the molecule is Cc1nc(NC(=O)OC(C)(C)C)sc1-c1cc(C(=O)O)n(C)n1. The summed E-state index contributed by atoms with van der Waals surface area (Å²) in [6.07, 6.45) is -0.593. The number of aromatic nitrogens is 3. The van der Waals surface area contributed by atoms with Gasteiger partial charge in [0.05, 0.1) is 10.6 Å². The number of rotatable bonds is 3. The van der Waals surface area contributed by atoms with Crippen molar-refractivity contribution in [3.8, 4) is 10.6 Å². The van der Waals surface area contributed by atoms with Crippen LogP contribution in [0.5, 0.6) is 0 Å². The van der Waals surface area contributed by atoms with Crippen molar-refractivity contribution in [3.05, 3.63) is 17.5 Å². The van der Waals surface area contributed by atoms with Crippen LogP contribution in [0.4, 0.5) is 9.93 Å². The van der Waals surface area contributed by atoms with Crippen molar-refractivity contribution in [1.82, 2.24) is 14.8 Å². The lowest BCUT2D eigenvalue weighted by Crippen LogP contribution is -2.27. The molecule has 124 valence electrons. The van der Waals surface area contributed by atoms with E-state index < -0.39 is 17.7 Å². The molecule has 0 spiro atoms. The summed E-state index contributed by atoms with van der Waals surface area (Å²) in [5, 5.41) is 16.2. The Morgan fingerprint density at radius 2 is 2.04 bits per heavy atom. The number of carbonyl (C=O) groups excluding carboxylic acids is 1. The average Bonchev–Trinajstić information content (AvgIpc) is 2.90. The molecule has 1 amide bonds. The molecule has 8 nitrogen and oxygen atoms in total. The molecule has 0 unspecified atom stereocenters. The van der Waals surface area contributed by atoms with Gasteiger partial charge >= 0.3 is 12.1 Å². The fourth-order valence-corrected chi connectivity index (χ4v) is 2.76. The molecular formula is C14H18N4O4S. The van der Waals surface area contributed by atoms with E-state index in [0.29, 0.717) is 21.4 Å². The van der Waals surface area contributed by atoms with Crippen LogP contribution >= 0.6 is 11.3 Å². The van der Waals surface area contributed by atoms with Crippen molar-refractivity contribution in [2.75, 3.05) is 5.32 Å². The lowest BCUT2D eigenvalue weighted by molar-refractivity contribution is 0.0633. The van der Waals surface area contributed by atoms with Crippen LogP contribution in [0.25, 0.3) is 10.6 Å². The van der Waals surface area contributed by atoms with Crippen LogP contribution in [0.15, 0.2) is 6.07 Å². The van der Waals surface area contributed by atoms with Gasteiger partial charge in [-0.1, -0.05) is 11.3 Å². The molecule has 0 aromatic carbocycles. The third-order valence-corrected chi connectivity index (χ3v) is 3.83. The zero-order valence-corrected chi connectivity index (χ0v) is 14.3. The maximum atomic E-state index is 11.8. The van der Waals surface area contributed by atoms with E-state index in [1.807, 2.05) is 0 Å². The van der Waals surface area contributed by atoms with Gasteiger partial charge in [0, 0.05) is 7.05 Å². The second-order valence-corrected chi connectivity index (χ2v) is 6.90. The van der Waals surface area contributed by atoms with Crippen LogP contribution in [-0.4, -0.2) is 37.5 Å². The van der Waals surface area contributed by atoms with E-state index in [-0.39, 0.29) is 5.69 Å². The Hall–Kier alpha value is -2.42. The van der Waals surface area contributed by atoms with Crippen LogP contribution in [0, 0.1) is 6.92 Å². The van der Waals surface area contributed by atoms with Crippen molar-refractivity contribution in [2.24, 2.45) is 7.05 Å². The first-order valence-corrected chi connectivity index (χ1v) is 7.63. The minimum atomic E-state index is -1.06. The number of hydrogen-bond donors (Lipinski definition) is 2. The molecule has 2 N–H and O–H groups in total. The molecule has 2 rings (SSSR count). The van der Waals surface area contributed by atoms with Crippen LogP contribution in [0.3, 0.4) is 0 Å². The normalized spacial score (nSPS) is 11.3. The predicted molar refractivity (Wildman–Crippen MR) is 85.9 cm³/mol. The maximum absolute atomic E-state index is 11.8. The minimum Gasteiger partial charge on any atom is -0.477 e. The van der Waals surface area contributed by atoms with Crippen molar-refractivity contribution in [1.29, 1.82) is 0 Å². The number of aromatic carboxylic acids is 1. The number of anilines is 1. The standard InChI is InChI=1S/C14H18N4O4S/c1-7-10(8-6-9(11(19)20)18(5)17-8)23-12(15-7)16-13(21)22-14(2,3)4/h6H,1-5H3,(H,19,20)(H,15,16,21). The molecule has 0 radical (unpaired) electrons. The Morgan fingerprint density at radius 1 is 1.39 bits per heavy atom. The molecule has 0 saturated heterocycles. The van der Waals surface area contributed by atoms with Crippen LogP contribution in [-0.2, 0) is 11.8 Å².